The van der Waals surface area contributed by atoms with Crippen LogP contribution < -0.4 is 15.5 Å². The Bertz CT molecular complexity index is 628. The number of nitrogens with zero attached hydrogens (tertiary/aromatic N) is 3. The molecule has 27 heavy (non-hydrogen) atoms. The highest BCUT2D eigenvalue weighted by Gasteiger charge is 2.25. The first-order valence-corrected chi connectivity index (χ1v) is 10.1. The fourth-order valence-corrected chi connectivity index (χ4v) is 4.20. The number of halogens is 1. The van der Waals surface area contributed by atoms with Gasteiger partial charge in [0.15, 0.2) is 5.96 Å². The minimum atomic E-state index is -0.0630. The molecule has 0 unspecified atom stereocenters. The van der Waals surface area contributed by atoms with Gasteiger partial charge in [0.25, 0.3) is 0 Å². The van der Waals surface area contributed by atoms with Gasteiger partial charge in [-0.1, -0.05) is 0 Å². The van der Waals surface area contributed by atoms with Crippen molar-refractivity contribution >= 4 is 58.1 Å². The third-order valence-corrected chi connectivity index (χ3v) is 5.82. The molecule has 150 valence electrons. The molecule has 9 heteroatoms. The monoisotopic (exact) mass is 505 g/mol. The van der Waals surface area contributed by atoms with Crippen LogP contribution in [0.2, 0.25) is 0 Å². The van der Waals surface area contributed by atoms with E-state index in [1.807, 2.05) is 0 Å². The number of likely N-dealkylation sites (tertiary alicyclic amines) is 1. The van der Waals surface area contributed by atoms with Crippen molar-refractivity contribution in [3.8, 4) is 0 Å². The summed E-state index contributed by atoms with van der Waals surface area (Å²) in [4.78, 5) is 31.7. The first-order chi connectivity index (χ1) is 12.7. The second kappa shape index (κ2) is 10.8. The van der Waals surface area contributed by atoms with Crippen molar-refractivity contribution in [3.63, 3.8) is 0 Å². The van der Waals surface area contributed by atoms with Crippen LogP contribution in [0.15, 0.2) is 22.5 Å². The highest BCUT2D eigenvalue weighted by molar-refractivity contribution is 14.0. The van der Waals surface area contributed by atoms with Gasteiger partial charge in [0, 0.05) is 52.1 Å². The highest BCUT2D eigenvalue weighted by atomic mass is 127. The maximum Gasteiger partial charge on any atom is 0.229 e. The fraction of sp³-hybridized carbons (Fsp3) is 0.611. The average Bonchev–Trinajstić information content (AvgIpc) is 3.18. The van der Waals surface area contributed by atoms with Gasteiger partial charge in [-0.2, -0.15) is 0 Å². The molecule has 0 bridgehead atoms. The first-order valence-electron chi connectivity index (χ1n) is 9.26. The lowest BCUT2D eigenvalue weighted by molar-refractivity contribution is -0.147. The number of imide groups is 1. The fourth-order valence-electron chi connectivity index (χ4n) is 3.42. The number of carbonyl (C=O) groups is 2. The van der Waals surface area contributed by atoms with Crippen LogP contribution in [0.4, 0.5) is 5.00 Å². The Morgan fingerprint density at radius 1 is 1.26 bits per heavy atom. The first kappa shape index (κ1) is 21.9. The zero-order chi connectivity index (χ0) is 18.4. The third-order valence-electron chi connectivity index (χ3n) is 4.89. The van der Waals surface area contributed by atoms with Crippen molar-refractivity contribution in [3.05, 3.63) is 17.5 Å². The summed E-state index contributed by atoms with van der Waals surface area (Å²) in [5, 5.41) is 10.1. The van der Waals surface area contributed by atoms with Crippen LogP contribution in [0, 0.1) is 0 Å². The second-order valence-electron chi connectivity index (χ2n) is 6.65. The number of hydrogen-bond donors (Lipinski definition) is 2. The predicted molar refractivity (Wildman–Crippen MR) is 120 cm³/mol. The molecule has 0 atom stereocenters. The summed E-state index contributed by atoms with van der Waals surface area (Å²) in [6.07, 6.45) is 3.74. The molecule has 7 nitrogen and oxygen atoms in total. The van der Waals surface area contributed by atoms with Crippen molar-refractivity contribution in [1.29, 1.82) is 0 Å². The maximum atomic E-state index is 11.8. The van der Waals surface area contributed by atoms with E-state index >= 15 is 0 Å². The van der Waals surface area contributed by atoms with Gasteiger partial charge in [-0.3, -0.25) is 19.5 Å². The topological polar surface area (TPSA) is 77.0 Å². The Morgan fingerprint density at radius 2 is 1.96 bits per heavy atom. The third kappa shape index (κ3) is 6.06. The number of rotatable bonds is 5. The lowest BCUT2D eigenvalue weighted by atomic mass is 10.1. The number of amides is 2. The zero-order valence-corrected chi connectivity index (χ0v) is 18.8. The Morgan fingerprint density at radius 3 is 2.56 bits per heavy atom. The van der Waals surface area contributed by atoms with E-state index in [9.17, 15) is 9.59 Å². The SMILES string of the molecule is CN=C(NCCN1C(=O)CCCC1=O)NC1CCN(c2cccs2)CC1.I. The van der Waals surface area contributed by atoms with E-state index in [2.05, 4.69) is 38.0 Å². The minimum absolute atomic E-state index is 0. The van der Waals surface area contributed by atoms with Crippen LogP contribution in [0.25, 0.3) is 0 Å². The molecule has 0 radical (unpaired) electrons. The van der Waals surface area contributed by atoms with E-state index in [4.69, 9.17) is 0 Å². The normalized spacial score (nSPS) is 19.1. The molecule has 0 saturated carbocycles. The molecule has 3 heterocycles. The summed E-state index contributed by atoms with van der Waals surface area (Å²) in [7, 11) is 1.74. The Labute approximate surface area is 181 Å². The van der Waals surface area contributed by atoms with E-state index < -0.39 is 0 Å². The molecule has 2 fully saturated rings. The quantitative estimate of drug-likeness (QED) is 0.277. The van der Waals surface area contributed by atoms with Crippen molar-refractivity contribution in [1.82, 2.24) is 15.5 Å². The Kier molecular flexibility index (Phi) is 8.81. The molecule has 2 aliphatic rings. The molecule has 0 aliphatic carbocycles. The smallest absolute Gasteiger partial charge is 0.229 e. The molecule has 2 amide bonds. The number of carbonyl (C=O) groups excluding carboxylic acids is 2. The molecule has 3 rings (SSSR count). The van der Waals surface area contributed by atoms with Crippen LogP contribution in [0.5, 0.6) is 0 Å². The van der Waals surface area contributed by atoms with Gasteiger partial charge in [-0.05, 0) is 36.8 Å². The number of piperidine rings is 2. The summed E-state index contributed by atoms with van der Waals surface area (Å²) < 4.78 is 0. The minimum Gasteiger partial charge on any atom is -0.363 e. The van der Waals surface area contributed by atoms with E-state index in [1.165, 1.54) is 9.90 Å². The van der Waals surface area contributed by atoms with Gasteiger partial charge in [-0.25, -0.2) is 0 Å². The van der Waals surface area contributed by atoms with Gasteiger partial charge in [0.05, 0.1) is 5.00 Å². The Hall–Kier alpha value is -1.36. The van der Waals surface area contributed by atoms with Crippen LogP contribution in [0.3, 0.4) is 0 Å². The van der Waals surface area contributed by atoms with Crippen LogP contribution in [0.1, 0.15) is 32.1 Å². The molecular weight excluding hydrogens is 477 g/mol. The van der Waals surface area contributed by atoms with Crippen molar-refractivity contribution in [2.75, 3.05) is 38.1 Å². The average molecular weight is 505 g/mol. The van der Waals surface area contributed by atoms with Crippen LogP contribution in [-0.2, 0) is 9.59 Å². The summed E-state index contributed by atoms with van der Waals surface area (Å²) in [6.45, 7) is 2.98. The van der Waals surface area contributed by atoms with Gasteiger partial charge < -0.3 is 15.5 Å². The molecule has 2 saturated heterocycles. The molecule has 0 aromatic carbocycles. The predicted octanol–water partition coefficient (Wildman–Crippen LogP) is 2.04. The van der Waals surface area contributed by atoms with Gasteiger partial charge in [-0.15, -0.1) is 35.3 Å². The van der Waals surface area contributed by atoms with E-state index in [1.54, 1.807) is 18.4 Å². The lowest BCUT2D eigenvalue weighted by Gasteiger charge is -2.33. The molecule has 2 N–H and O–H groups in total. The van der Waals surface area contributed by atoms with E-state index in [-0.39, 0.29) is 35.8 Å². The largest absolute Gasteiger partial charge is 0.363 e. The second-order valence-corrected chi connectivity index (χ2v) is 7.57. The number of thiophene rings is 1. The van der Waals surface area contributed by atoms with Crippen molar-refractivity contribution in [2.45, 2.75) is 38.1 Å². The number of hydrogen-bond acceptors (Lipinski definition) is 5. The Balaban J connectivity index is 0.00000261. The van der Waals surface area contributed by atoms with Crippen molar-refractivity contribution in [2.24, 2.45) is 4.99 Å². The molecular formula is C18H28IN5O2S. The van der Waals surface area contributed by atoms with Crippen LogP contribution >= 0.6 is 35.3 Å². The summed E-state index contributed by atoms with van der Waals surface area (Å²) in [6, 6.07) is 4.64. The summed E-state index contributed by atoms with van der Waals surface area (Å²) in [5.41, 5.74) is 0. The number of guanidine groups is 1. The summed E-state index contributed by atoms with van der Waals surface area (Å²) >= 11 is 1.78. The summed E-state index contributed by atoms with van der Waals surface area (Å²) in [5.74, 6) is 0.607. The molecule has 0 spiro atoms. The molecule has 1 aromatic rings. The molecule has 2 aliphatic heterocycles. The van der Waals surface area contributed by atoms with Gasteiger partial charge in [0.1, 0.15) is 0 Å². The maximum absolute atomic E-state index is 11.8. The molecule has 1 aromatic heterocycles. The lowest BCUT2D eigenvalue weighted by Crippen LogP contribution is -2.50. The van der Waals surface area contributed by atoms with Crippen molar-refractivity contribution < 1.29 is 9.59 Å². The van der Waals surface area contributed by atoms with Gasteiger partial charge in [0.2, 0.25) is 11.8 Å². The zero-order valence-electron chi connectivity index (χ0n) is 15.6. The van der Waals surface area contributed by atoms with Crippen LogP contribution in [-0.4, -0.2) is 61.9 Å². The standard InChI is InChI=1S/C18H27N5O2S.HI/c1-19-18(20-9-12-23-15(24)4-2-5-16(23)25)21-14-7-10-22(11-8-14)17-6-3-13-26-17;/h3,6,13-14H,2,4-5,7-12H2,1H3,(H2,19,20,21);1H. The van der Waals surface area contributed by atoms with E-state index in [0.717, 1.165) is 31.9 Å². The number of aliphatic imine (C=N–C) groups is 1. The number of nitrogens with one attached hydrogen (secondary N) is 2. The van der Waals surface area contributed by atoms with Gasteiger partial charge >= 0.3 is 0 Å². The number of anilines is 1. The van der Waals surface area contributed by atoms with E-state index in [0.29, 0.717) is 38.4 Å². The highest BCUT2D eigenvalue weighted by Crippen LogP contribution is 2.24.